The molecule has 0 aromatic heterocycles. The van der Waals surface area contributed by atoms with Crippen LogP contribution in [0.2, 0.25) is 0 Å². The molecular weight excluding hydrogens is 272 g/mol. The van der Waals surface area contributed by atoms with Gasteiger partial charge in [0, 0.05) is 22.0 Å². The Bertz CT molecular complexity index is 676. The smallest absolute Gasteiger partial charge is 0.168 e. The third kappa shape index (κ3) is 2.96. The predicted molar refractivity (Wildman–Crippen MR) is 91.5 cm³/mol. The van der Waals surface area contributed by atoms with E-state index in [0.717, 1.165) is 10.8 Å². The fraction of sp³-hybridized carbons (Fsp3) is 0.400. The summed E-state index contributed by atoms with van der Waals surface area (Å²) in [7, 11) is 0. The van der Waals surface area contributed by atoms with E-state index in [1.54, 1.807) is 12.1 Å². The molecule has 2 aromatic rings. The maximum absolute atomic E-state index is 12.7. The molecular formula is C20H24O2. The molecule has 0 amide bonds. The average Bonchev–Trinajstić information content (AvgIpc) is 2.42. The molecule has 0 spiro atoms. The first-order valence-corrected chi connectivity index (χ1v) is 7.65. The first-order chi connectivity index (χ1) is 10.0. The largest absolute Gasteiger partial charge is 0.294 e. The van der Waals surface area contributed by atoms with Crippen LogP contribution in [0.25, 0.3) is 10.8 Å². The molecule has 0 aliphatic carbocycles. The zero-order chi connectivity index (χ0) is 16.7. The van der Waals surface area contributed by atoms with Crippen LogP contribution in [0.4, 0.5) is 0 Å². The molecule has 2 rings (SSSR count). The Kier molecular flexibility index (Phi) is 3.99. The van der Waals surface area contributed by atoms with Crippen molar-refractivity contribution in [2.75, 3.05) is 0 Å². The topological polar surface area (TPSA) is 34.1 Å². The maximum Gasteiger partial charge on any atom is 0.168 e. The summed E-state index contributed by atoms with van der Waals surface area (Å²) >= 11 is 0. The molecule has 0 aliphatic heterocycles. The molecule has 2 nitrogen and oxygen atoms in total. The van der Waals surface area contributed by atoms with E-state index in [9.17, 15) is 9.59 Å². The lowest BCUT2D eigenvalue weighted by atomic mass is 9.81. The van der Waals surface area contributed by atoms with Gasteiger partial charge in [0.15, 0.2) is 11.6 Å². The minimum atomic E-state index is -0.446. The molecule has 0 saturated carbocycles. The van der Waals surface area contributed by atoms with Gasteiger partial charge in [0.25, 0.3) is 0 Å². The number of fused-ring (bicyclic) bond motifs is 1. The monoisotopic (exact) mass is 296 g/mol. The summed E-state index contributed by atoms with van der Waals surface area (Å²) in [6.07, 6.45) is 0. The summed E-state index contributed by atoms with van der Waals surface area (Å²) in [6, 6.07) is 11.3. The molecule has 0 unspecified atom stereocenters. The van der Waals surface area contributed by atoms with E-state index in [1.165, 1.54) is 0 Å². The van der Waals surface area contributed by atoms with E-state index in [1.807, 2.05) is 65.8 Å². The van der Waals surface area contributed by atoms with Crippen LogP contribution in [0.3, 0.4) is 0 Å². The lowest BCUT2D eigenvalue weighted by Crippen LogP contribution is -2.22. The van der Waals surface area contributed by atoms with Crippen LogP contribution < -0.4 is 0 Å². The number of benzene rings is 2. The molecule has 2 aromatic carbocycles. The first-order valence-electron chi connectivity index (χ1n) is 7.65. The van der Waals surface area contributed by atoms with E-state index in [-0.39, 0.29) is 11.6 Å². The van der Waals surface area contributed by atoms with E-state index in [2.05, 4.69) is 0 Å². The van der Waals surface area contributed by atoms with Crippen molar-refractivity contribution >= 4 is 22.3 Å². The van der Waals surface area contributed by atoms with Crippen LogP contribution in [-0.2, 0) is 0 Å². The van der Waals surface area contributed by atoms with Gasteiger partial charge in [-0.2, -0.15) is 0 Å². The highest BCUT2D eigenvalue weighted by atomic mass is 16.1. The molecule has 0 N–H and O–H groups in total. The predicted octanol–water partition coefficient (Wildman–Crippen LogP) is 5.30. The van der Waals surface area contributed by atoms with Crippen molar-refractivity contribution < 1.29 is 9.59 Å². The van der Waals surface area contributed by atoms with Gasteiger partial charge in [0.1, 0.15) is 0 Å². The molecule has 0 radical (unpaired) electrons. The van der Waals surface area contributed by atoms with Gasteiger partial charge in [-0.25, -0.2) is 0 Å². The first kappa shape index (κ1) is 16.4. The van der Waals surface area contributed by atoms with E-state index in [4.69, 9.17) is 0 Å². The summed E-state index contributed by atoms with van der Waals surface area (Å²) in [5.41, 5.74) is 0.485. The number of ketones is 2. The van der Waals surface area contributed by atoms with Crippen LogP contribution in [0, 0.1) is 10.8 Å². The van der Waals surface area contributed by atoms with Gasteiger partial charge in [0.05, 0.1) is 0 Å². The Morgan fingerprint density at radius 2 is 0.955 bits per heavy atom. The normalized spacial score (nSPS) is 12.5. The molecule has 0 fully saturated rings. The highest BCUT2D eigenvalue weighted by molar-refractivity contribution is 6.16. The van der Waals surface area contributed by atoms with Gasteiger partial charge in [-0.05, 0) is 10.8 Å². The van der Waals surface area contributed by atoms with Crippen molar-refractivity contribution in [3.63, 3.8) is 0 Å². The molecule has 22 heavy (non-hydrogen) atoms. The molecule has 116 valence electrons. The Balaban J connectivity index is 2.73. The van der Waals surface area contributed by atoms with Crippen molar-refractivity contribution in [2.24, 2.45) is 10.8 Å². The Morgan fingerprint density at radius 1 is 0.636 bits per heavy atom. The lowest BCUT2D eigenvalue weighted by molar-refractivity contribution is 0.0851. The zero-order valence-corrected chi connectivity index (χ0v) is 14.3. The van der Waals surface area contributed by atoms with Gasteiger partial charge >= 0.3 is 0 Å². The lowest BCUT2D eigenvalue weighted by Gasteiger charge is -2.21. The van der Waals surface area contributed by atoms with Gasteiger partial charge in [-0.1, -0.05) is 77.9 Å². The highest BCUT2D eigenvalue weighted by Crippen LogP contribution is 2.31. The molecule has 0 bridgehead atoms. The fourth-order valence-corrected chi connectivity index (χ4v) is 2.50. The summed E-state index contributed by atoms with van der Waals surface area (Å²) in [6.45, 7) is 11.5. The number of rotatable bonds is 2. The summed E-state index contributed by atoms with van der Waals surface area (Å²) in [5.74, 6) is 0.192. The van der Waals surface area contributed by atoms with Crippen LogP contribution in [0.1, 0.15) is 62.3 Å². The summed E-state index contributed by atoms with van der Waals surface area (Å²) < 4.78 is 0. The fourth-order valence-electron chi connectivity index (χ4n) is 2.50. The third-order valence-corrected chi connectivity index (χ3v) is 3.78. The van der Waals surface area contributed by atoms with Crippen LogP contribution in [-0.4, -0.2) is 11.6 Å². The number of carbonyl (C=O) groups excluding carboxylic acids is 2. The minimum Gasteiger partial charge on any atom is -0.294 e. The standard InChI is InChI=1S/C20H24O2/c1-19(2,3)17(21)15-11-12-16(18(22)20(4,5)6)14-10-8-7-9-13(14)15/h7-12H,1-6H3. The maximum atomic E-state index is 12.7. The molecule has 0 atom stereocenters. The van der Waals surface area contributed by atoms with Crippen molar-refractivity contribution in [1.29, 1.82) is 0 Å². The van der Waals surface area contributed by atoms with E-state index in [0.29, 0.717) is 11.1 Å². The number of hydrogen-bond acceptors (Lipinski definition) is 2. The molecule has 2 heteroatoms. The van der Waals surface area contributed by atoms with Gasteiger partial charge in [-0.3, -0.25) is 9.59 Å². The highest BCUT2D eigenvalue weighted by Gasteiger charge is 2.28. The molecule has 0 aliphatic rings. The van der Waals surface area contributed by atoms with E-state index >= 15 is 0 Å². The van der Waals surface area contributed by atoms with Crippen LogP contribution in [0.15, 0.2) is 36.4 Å². The number of carbonyl (C=O) groups is 2. The SMILES string of the molecule is CC(C)(C)C(=O)c1ccc(C(=O)C(C)(C)C)c2ccccc12. The van der Waals surface area contributed by atoms with Gasteiger partial charge in [0.2, 0.25) is 0 Å². The second-order valence-corrected chi connectivity index (χ2v) is 7.86. The van der Waals surface area contributed by atoms with Crippen molar-refractivity contribution in [2.45, 2.75) is 41.5 Å². The van der Waals surface area contributed by atoms with E-state index < -0.39 is 10.8 Å². The number of hydrogen-bond donors (Lipinski definition) is 0. The average molecular weight is 296 g/mol. The quantitative estimate of drug-likeness (QED) is 0.705. The Labute approximate surface area is 132 Å². The molecule has 0 heterocycles. The second-order valence-electron chi connectivity index (χ2n) is 7.86. The Morgan fingerprint density at radius 3 is 1.23 bits per heavy atom. The number of Topliss-reactive ketones (excluding diaryl/α,β-unsaturated/α-hetero) is 2. The van der Waals surface area contributed by atoms with Crippen LogP contribution >= 0.6 is 0 Å². The third-order valence-electron chi connectivity index (χ3n) is 3.78. The van der Waals surface area contributed by atoms with Crippen molar-refractivity contribution in [3.05, 3.63) is 47.5 Å². The minimum absolute atomic E-state index is 0.0958. The van der Waals surface area contributed by atoms with Crippen LogP contribution in [0.5, 0.6) is 0 Å². The molecule has 0 saturated heterocycles. The van der Waals surface area contributed by atoms with Crippen molar-refractivity contribution in [3.8, 4) is 0 Å². The summed E-state index contributed by atoms with van der Waals surface area (Å²) in [5, 5.41) is 1.72. The van der Waals surface area contributed by atoms with Gasteiger partial charge < -0.3 is 0 Å². The Hall–Kier alpha value is -1.96. The summed E-state index contributed by atoms with van der Waals surface area (Å²) in [4.78, 5) is 25.3. The zero-order valence-electron chi connectivity index (χ0n) is 14.3. The van der Waals surface area contributed by atoms with Crippen molar-refractivity contribution in [1.82, 2.24) is 0 Å². The van der Waals surface area contributed by atoms with Gasteiger partial charge in [-0.15, -0.1) is 0 Å². The second kappa shape index (κ2) is 5.35.